The van der Waals surface area contributed by atoms with Crippen LogP contribution in [0.2, 0.25) is 0 Å². The van der Waals surface area contributed by atoms with Gasteiger partial charge >= 0.3 is 0 Å². The Balaban J connectivity index is 1.45. The average Bonchev–Trinajstić information content (AvgIpc) is 3.57. The van der Waals surface area contributed by atoms with Gasteiger partial charge in [0, 0.05) is 30.8 Å². The van der Waals surface area contributed by atoms with E-state index in [2.05, 4.69) is 68.7 Å². The van der Waals surface area contributed by atoms with Gasteiger partial charge in [0.15, 0.2) is 5.82 Å². The summed E-state index contributed by atoms with van der Waals surface area (Å²) in [7, 11) is 0. The molecule has 2 atom stereocenters. The third kappa shape index (κ3) is 5.55. The van der Waals surface area contributed by atoms with Gasteiger partial charge in [-0.15, -0.1) is 5.10 Å². The number of H-pyrrole nitrogens is 1. The van der Waals surface area contributed by atoms with Gasteiger partial charge in [-0.3, -0.25) is 9.69 Å². The van der Waals surface area contributed by atoms with E-state index in [0.717, 1.165) is 66.7 Å². The second-order valence-electron chi connectivity index (χ2n) is 9.70. The molecule has 4 aromatic rings. The Labute approximate surface area is 211 Å². The van der Waals surface area contributed by atoms with Gasteiger partial charge in [-0.25, -0.2) is 4.68 Å². The van der Waals surface area contributed by atoms with Crippen LogP contribution < -0.4 is 5.56 Å². The van der Waals surface area contributed by atoms with E-state index in [1.807, 2.05) is 29.8 Å². The van der Waals surface area contributed by atoms with Gasteiger partial charge < -0.3 is 9.72 Å². The van der Waals surface area contributed by atoms with Gasteiger partial charge in [-0.05, 0) is 71.7 Å². The summed E-state index contributed by atoms with van der Waals surface area (Å²) in [5.74, 6) is 0.828. The van der Waals surface area contributed by atoms with E-state index >= 15 is 0 Å². The molecule has 1 aliphatic rings. The fraction of sp³-hybridized carbons (Fsp3) is 0.429. The van der Waals surface area contributed by atoms with Crippen LogP contribution in [-0.2, 0) is 24.2 Å². The summed E-state index contributed by atoms with van der Waals surface area (Å²) in [6.45, 7) is 6.92. The molecule has 1 fully saturated rings. The Hall–Kier alpha value is -3.36. The third-order valence-corrected chi connectivity index (χ3v) is 7.07. The van der Waals surface area contributed by atoms with E-state index in [1.165, 1.54) is 5.56 Å². The fourth-order valence-electron chi connectivity index (χ4n) is 5.12. The number of hydrogen-bond donors (Lipinski definition) is 1. The molecule has 36 heavy (non-hydrogen) atoms. The van der Waals surface area contributed by atoms with Crippen LogP contribution in [0.15, 0.2) is 59.4 Å². The third-order valence-electron chi connectivity index (χ3n) is 7.07. The number of benzene rings is 2. The largest absolute Gasteiger partial charge is 0.376 e. The molecule has 8 heteroatoms. The van der Waals surface area contributed by atoms with Crippen LogP contribution in [-0.4, -0.2) is 49.3 Å². The number of nitrogens with zero attached hydrogens (tertiary/aromatic N) is 5. The second-order valence-corrected chi connectivity index (χ2v) is 9.70. The lowest BCUT2D eigenvalue weighted by Gasteiger charge is -2.30. The molecule has 8 nitrogen and oxygen atoms in total. The highest BCUT2D eigenvalue weighted by Crippen LogP contribution is 2.26. The number of aryl methyl sites for hydroxylation is 1. The zero-order valence-electron chi connectivity index (χ0n) is 21.1. The quantitative estimate of drug-likeness (QED) is 0.361. The van der Waals surface area contributed by atoms with E-state index in [9.17, 15) is 4.79 Å². The maximum atomic E-state index is 13.1. The van der Waals surface area contributed by atoms with Crippen molar-refractivity contribution in [1.82, 2.24) is 30.1 Å². The molecule has 3 heterocycles. The molecule has 0 unspecified atom stereocenters. The van der Waals surface area contributed by atoms with Crippen LogP contribution in [0.5, 0.6) is 0 Å². The molecule has 1 saturated heterocycles. The summed E-state index contributed by atoms with van der Waals surface area (Å²) < 4.78 is 7.74. The van der Waals surface area contributed by atoms with E-state index in [1.54, 1.807) is 0 Å². The second kappa shape index (κ2) is 11.1. The zero-order chi connectivity index (χ0) is 24.9. The molecule has 188 valence electrons. The van der Waals surface area contributed by atoms with Crippen molar-refractivity contribution < 1.29 is 4.74 Å². The first kappa shape index (κ1) is 24.3. The molecular formula is C28H34N6O2. The van der Waals surface area contributed by atoms with Crippen molar-refractivity contribution in [3.05, 3.63) is 87.5 Å². The lowest BCUT2D eigenvalue weighted by molar-refractivity contribution is 0.0893. The van der Waals surface area contributed by atoms with Crippen LogP contribution in [0.1, 0.15) is 54.7 Å². The Morgan fingerprint density at radius 2 is 2.06 bits per heavy atom. The minimum absolute atomic E-state index is 0.0294. The molecule has 5 rings (SSSR count). The Kier molecular flexibility index (Phi) is 7.53. The van der Waals surface area contributed by atoms with Crippen LogP contribution in [0, 0.1) is 6.92 Å². The van der Waals surface area contributed by atoms with Crippen molar-refractivity contribution in [2.24, 2.45) is 0 Å². The number of tetrazole rings is 1. The summed E-state index contributed by atoms with van der Waals surface area (Å²) in [6, 6.07) is 18.6. The monoisotopic (exact) mass is 486 g/mol. The minimum atomic E-state index is -0.0494. The van der Waals surface area contributed by atoms with Gasteiger partial charge in [-0.2, -0.15) is 0 Å². The first-order chi connectivity index (χ1) is 17.6. The highest BCUT2D eigenvalue weighted by Gasteiger charge is 2.27. The summed E-state index contributed by atoms with van der Waals surface area (Å²) in [4.78, 5) is 18.5. The van der Waals surface area contributed by atoms with Crippen LogP contribution in [0.4, 0.5) is 0 Å². The summed E-state index contributed by atoms with van der Waals surface area (Å²) >= 11 is 0. The summed E-state index contributed by atoms with van der Waals surface area (Å²) in [5.41, 5.74) is 3.95. The number of nitrogens with one attached hydrogen (secondary N) is 1. The number of aromatic amines is 1. The molecule has 0 amide bonds. The molecular weight excluding hydrogens is 452 g/mol. The zero-order valence-corrected chi connectivity index (χ0v) is 21.1. The van der Waals surface area contributed by atoms with Gasteiger partial charge in [0.05, 0.1) is 18.7 Å². The molecule has 2 aromatic heterocycles. The van der Waals surface area contributed by atoms with E-state index in [4.69, 9.17) is 4.74 Å². The first-order valence-electron chi connectivity index (χ1n) is 12.9. The van der Waals surface area contributed by atoms with Crippen LogP contribution in [0.25, 0.3) is 10.9 Å². The van der Waals surface area contributed by atoms with Gasteiger partial charge in [0.25, 0.3) is 5.56 Å². The van der Waals surface area contributed by atoms with Crippen molar-refractivity contribution >= 4 is 10.9 Å². The Morgan fingerprint density at radius 1 is 1.19 bits per heavy atom. The van der Waals surface area contributed by atoms with Crippen molar-refractivity contribution in [2.45, 2.75) is 64.8 Å². The van der Waals surface area contributed by atoms with E-state index in [-0.39, 0.29) is 17.7 Å². The fourth-order valence-corrected chi connectivity index (χ4v) is 5.12. The molecule has 2 aromatic carbocycles. The number of fused-ring (bicyclic) bond motifs is 1. The van der Waals surface area contributed by atoms with Crippen molar-refractivity contribution in [3.63, 3.8) is 0 Å². The molecule has 0 aliphatic carbocycles. The van der Waals surface area contributed by atoms with E-state index < -0.39 is 0 Å². The Morgan fingerprint density at radius 3 is 2.83 bits per heavy atom. The standard InChI is InChI=1S/C28H34N6O2/c1-3-26(27-30-31-32-34(27)19-24-10-7-15-36-24)33(14-13-21-8-5-4-6-9-21)18-23-17-22-12-11-20(2)16-25(22)29-28(23)35/h4-6,8-9,11-12,16-17,24,26H,3,7,10,13-15,18-19H2,1-2H3,(H,29,35)/t24-,26+/m0/s1. The molecule has 0 spiro atoms. The number of ether oxygens (including phenoxy) is 1. The molecule has 0 saturated carbocycles. The van der Waals surface area contributed by atoms with Crippen molar-refractivity contribution in [1.29, 1.82) is 0 Å². The lowest BCUT2D eigenvalue weighted by atomic mass is 10.1. The highest BCUT2D eigenvalue weighted by atomic mass is 16.5. The topological polar surface area (TPSA) is 88.9 Å². The number of pyridine rings is 1. The van der Waals surface area contributed by atoms with Gasteiger partial charge in [-0.1, -0.05) is 49.4 Å². The van der Waals surface area contributed by atoms with Gasteiger partial charge in [0.1, 0.15) is 0 Å². The van der Waals surface area contributed by atoms with Gasteiger partial charge in [0.2, 0.25) is 0 Å². The summed E-state index contributed by atoms with van der Waals surface area (Å²) in [5, 5.41) is 13.8. The molecule has 0 bridgehead atoms. The van der Waals surface area contributed by atoms with E-state index in [0.29, 0.717) is 13.1 Å². The smallest absolute Gasteiger partial charge is 0.252 e. The number of aromatic nitrogens is 5. The maximum Gasteiger partial charge on any atom is 0.252 e. The maximum absolute atomic E-state index is 13.1. The van der Waals surface area contributed by atoms with Crippen LogP contribution in [0.3, 0.4) is 0 Å². The number of rotatable bonds is 10. The average molecular weight is 487 g/mol. The highest BCUT2D eigenvalue weighted by molar-refractivity contribution is 5.79. The predicted molar refractivity (Wildman–Crippen MR) is 140 cm³/mol. The molecule has 1 N–H and O–H groups in total. The summed E-state index contributed by atoms with van der Waals surface area (Å²) in [6.07, 6.45) is 3.95. The minimum Gasteiger partial charge on any atom is -0.376 e. The first-order valence-corrected chi connectivity index (χ1v) is 12.9. The SMILES string of the molecule is CC[C@H](c1nnnn1C[C@@H]1CCCO1)N(CCc1ccccc1)Cc1cc2ccc(C)cc2[nH]c1=O. The Bertz CT molecular complexity index is 1340. The van der Waals surface area contributed by atoms with Crippen molar-refractivity contribution in [3.8, 4) is 0 Å². The lowest BCUT2D eigenvalue weighted by Crippen LogP contribution is -2.34. The normalized spacial score (nSPS) is 16.7. The predicted octanol–water partition coefficient (Wildman–Crippen LogP) is 4.20. The number of hydrogen-bond acceptors (Lipinski definition) is 6. The van der Waals surface area contributed by atoms with Crippen LogP contribution >= 0.6 is 0 Å². The molecule has 1 aliphatic heterocycles. The van der Waals surface area contributed by atoms with Crippen molar-refractivity contribution in [2.75, 3.05) is 13.2 Å². The molecule has 0 radical (unpaired) electrons.